The van der Waals surface area contributed by atoms with Gasteiger partial charge in [-0.3, -0.25) is 14.1 Å². The molecule has 2 aromatic heterocycles. The summed E-state index contributed by atoms with van der Waals surface area (Å²) in [6.07, 6.45) is 3.91. The van der Waals surface area contributed by atoms with Gasteiger partial charge in [0.15, 0.2) is 11.4 Å². The van der Waals surface area contributed by atoms with Gasteiger partial charge in [0.1, 0.15) is 23.9 Å². The number of carbonyl (C=O) groups excluding carboxylic acids is 3. The molecule has 0 radical (unpaired) electrons. The number of fused-ring (bicyclic) bond motifs is 1. The Kier molecular flexibility index (Phi) is 9.37. The summed E-state index contributed by atoms with van der Waals surface area (Å²) < 4.78 is 35.5. The maximum Gasteiger partial charge on any atom is 0.373 e. The summed E-state index contributed by atoms with van der Waals surface area (Å²) in [7, 11) is 0. The molecule has 1 aliphatic heterocycles. The Labute approximate surface area is 230 Å². The molecule has 0 bridgehead atoms. The lowest BCUT2D eigenvalue weighted by Crippen LogP contribution is -2.47. The third-order valence-electron chi connectivity index (χ3n) is 6.77. The van der Waals surface area contributed by atoms with E-state index < -0.39 is 11.6 Å². The van der Waals surface area contributed by atoms with Crippen LogP contribution in [0.15, 0.2) is 60.8 Å². The molecule has 3 heterocycles. The van der Waals surface area contributed by atoms with Crippen LogP contribution in [0.2, 0.25) is 0 Å². The van der Waals surface area contributed by atoms with Gasteiger partial charge in [0.05, 0.1) is 11.3 Å². The van der Waals surface area contributed by atoms with Crippen molar-refractivity contribution < 1.29 is 27.9 Å². The van der Waals surface area contributed by atoms with Crippen LogP contribution in [0, 0.1) is 25.5 Å². The molecule has 8 nitrogen and oxygen atoms in total. The first-order valence-electron chi connectivity index (χ1n) is 12.9. The van der Waals surface area contributed by atoms with Gasteiger partial charge in [-0.15, -0.1) is 0 Å². The molecule has 10 heteroatoms. The Morgan fingerprint density at radius 2 is 1.82 bits per heavy atom. The van der Waals surface area contributed by atoms with E-state index in [9.17, 15) is 13.6 Å². The molecule has 1 amide bonds. The van der Waals surface area contributed by atoms with Gasteiger partial charge in [0.2, 0.25) is 0 Å². The fourth-order valence-electron chi connectivity index (χ4n) is 5.00. The van der Waals surface area contributed by atoms with Crippen LogP contribution in [-0.4, -0.2) is 45.5 Å². The van der Waals surface area contributed by atoms with Gasteiger partial charge in [-0.2, -0.15) is 9.59 Å². The van der Waals surface area contributed by atoms with Gasteiger partial charge >= 0.3 is 6.15 Å². The Balaban J connectivity index is 0.00000118. The first-order chi connectivity index (χ1) is 19.3. The molecule has 0 spiro atoms. The maximum atomic E-state index is 14.0. The van der Waals surface area contributed by atoms with Crippen LogP contribution in [0.25, 0.3) is 5.65 Å². The molecule has 1 aliphatic rings. The van der Waals surface area contributed by atoms with Crippen LogP contribution in [0.4, 0.5) is 8.78 Å². The molecule has 5 rings (SSSR count). The number of ether oxygens (including phenoxy) is 1. The number of hydrogen-bond acceptors (Lipinski definition) is 6. The SMILES string of the molecule is Cc1cccc(CN2CCC[C@H](NC(=O)c3c(C)nc4c(OCc5c(F)cccc5F)cccn34)C2)c1.O=C=O. The third kappa shape index (κ3) is 6.77. The molecule has 0 saturated carbocycles. The molecule has 2 aromatic carbocycles. The van der Waals surface area contributed by atoms with Crippen LogP contribution in [0.5, 0.6) is 5.75 Å². The summed E-state index contributed by atoms with van der Waals surface area (Å²) in [6, 6.07) is 15.6. The predicted molar refractivity (Wildman–Crippen MR) is 143 cm³/mol. The lowest BCUT2D eigenvalue weighted by atomic mass is 10.0. The first kappa shape index (κ1) is 28.6. The lowest BCUT2D eigenvalue weighted by molar-refractivity contribution is -0.191. The van der Waals surface area contributed by atoms with Crippen molar-refractivity contribution in [2.45, 2.75) is 45.9 Å². The Morgan fingerprint density at radius 3 is 2.55 bits per heavy atom. The normalized spacial score (nSPS) is 15.2. The van der Waals surface area contributed by atoms with E-state index in [1.54, 1.807) is 29.7 Å². The van der Waals surface area contributed by atoms with Gasteiger partial charge in [-0.25, -0.2) is 13.8 Å². The zero-order chi connectivity index (χ0) is 28.6. The number of carbonyl (C=O) groups is 1. The third-order valence-corrected chi connectivity index (χ3v) is 6.77. The molecule has 0 unspecified atom stereocenters. The van der Waals surface area contributed by atoms with Crippen LogP contribution in [-0.2, 0) is 22.7 Å². The van der Waals surface area contributed by atoms with Crippen molar-refractivity contribution in [2.24, 2.45) is 0 Å². The summed E-state index contributed by atoms with van der Waals surface area (Å²) in [5, 5.41) is 3.19. The number of nitrogens with zero attached hydrogens (tertiary/aromatic N) is 3. The molecule has 4 aromatic rings. The average molecular weight is 549 g/mol. The highest BCUT2D eigenvalue weighted by Gasteiger charge is 2.25. The van der Waals surface area contributed by atoms with Crippen LogP contribution < -0.4 is 10.1 Å². The predicted octanol–water partition coefficient (Wildman–Crippen LogP) is 4.62. The van der Waals surface area contributed by atoms with Crippen molar-refractivity contribution in [1.82, 2.24) is 19.6 Å². The highest BCUT2D eigenvalue weighted by Crippen LogP contribution is 2.25. The number of aromatic nitrogens is 2. The van der Waals surface area contributed by atoms with Crippen molar-refractivity contribution in [3.8, 4) is 5.75 Å². The Hall–Kier alpha value is -4.40. The number of pyridine rings is 1. The minimum Gasteiger partial charge on any atom is -0.485 e. The fourth-order valence-corrected chi connectivity index (χ4v) is 5.00. The van der Waals surface area contributed by atoms with E-state index in [0.29, 0.717) is 22.8 Å². The minimum absolute atomic E-state index is 0.0273. The van der Waals surface area contributed by atoms with E-state index in [2.05, 4.69) is 46.4 Å². The summed E-state index contributed by atoms with van der Waals surface area (Å²) in [4.78, 5) is 36.5. The number of nitrogens with one attached hydrogen (secondary N) is 1. The number of hydrogen-bond donors (Lipinski definition) is 1. The second-order valence-corrected chi connectivity index (χ2v) is 9.72. The van der Waals surface area contributed by atoms with Crippen molar-refractivity contribution in [3.05, 3.63) is 101 Å². The van der Waals surface area contributed by atoms with Gasteiger partial charge in [-0.1, -0.05) is 35.9 Å². The zero-order valence-corrected chi connectivity index (χ0v) is 22.3. The molecule has 1 N–H and O–H groups in total. The molecular formula is C30H30F2N4O4. The molecule has 1 atom stereocenters. The number of benzene rings is 2. The highest BCUT2D eigenvalue weighted by molar-refractivity contribution is 5.95. The van der Waals surface area contributed by atoms with E-state index in [4.69, 9.17) is 14.3 Å². The quantitative estimate of drug-likeness (QED) is 0.362. The van der Waals surface area contributed by atoms with Gasteiger partial charge in [-0.05, 0) is 63.1 Å². The summed E-state index contributed by atoms with van der Waals surface area (Å²) in [5.41, 5.74) is 3.76. The van der Waals surface area contributed by atoms with E-state index in [1.807, 2.05) is 0 Å². The van der Waals surface area contributed by atoms with Crippen molar-refractivity contribution in [2.75, 3.05) is 13.1 Å². The maximum absolute atomic E-state index is 14.0. The molecule has 1 saturated heterocycles. The summed E-state index contributed by atoms with van der Waals surface area (Å²) >= 11 is 0. The van der Waals surface area contributed by atoms with Crippen LogP contribution in [0.1, 0.15) is 45.7 Å². The van der Waals surface area contributed by atoms with Crippen LogP contribution >= 0.6 is 0 Å². The smallest absolute Gasteiger partial charge is 0.373 e. The molecule has 1 fully saturated rings. The molecule has 208 valence electrons. The Bertz CT molecular complexity index is 1510. The van der Waals surface area contributed by atoms with Gasteiger partial charge < -0.3 is 10.1 Å². The van der Waals surface area contributed by atoms with Crippen molar-refractivity contribution in [1.29, 1.82) is 0 Å². The summed E-state index contributed by atoms with van der Waals surface area (Å²) in [6.45, 7) is 6.20. The van der Waals surface area contributed by atoms with E-state index in [-0.39, 0.29) is 30.3 Å². The summed E-state index contributed by atoms with van der Waals surface area (Å²) in [5.74, 6) is -1.20. The fraction of sp³-hybridized carbons (Fsp3) is 0.300. The van der Waals surface area contributed by atoms with Crippen LogP contribution in [0.3, 0.4) is 0 Å². The van der Waals surface area contributed by atoms with Crippen molar-refractivity contribution in [3.63, 3.8) is 0 Å². The van der Waals surface area contributed by atoms with E-state index >= 15 is 0 Å². The number of piperidine rings is 1. The second kappa shape index (κ2) is 13.1. The monoisotopic (exact) mass is 548 g/mol. The number of imidazole rings is 1. The van der Waals surface area contributed by atoms with Gasteiger partial charge in [0.25, 0.3) is 5.91 Å². The van der Waals surface area contributed by atoms with Gasteiger partial charge in [0, 0.05) is 25.3 Å². The number of likely N-dealkylation sites (tertiary alicyclic amines) is 1. The topological polar surface area (TPSA) is 93.0 Å². The largest absolute Gasteiger partial charge is 0.485 e. The second-order valence-electron chi connectivity index (χ2n) is 9.72. The average Bonchev–Trinajstić information content (AvgIpc) is 3.25. The number of amides is 1. The van der Waals surface area contributed by atoms with E-state index in [0.717, 1.165) is 32.5 Å². The highest BCUT2D eigenvalue weighted by atomic mass is 19.1. The number of rotatable bonds is 7. The van der Waals surface area contributed by atoms with E-state index in [1.165, 1.54) is 29.3 Å². The zero-order valence-electron chi connectivity index (χ0n) is 22.3. The minimum atomic E-state index is -0.671. The first-order valence-corrected chi connectivity index (χ1v) is 12.9. The number of halogens is 2. The molecule has 0 aliphatic carbocycles. The standard InChI is InChI=1S/C29H30F2N4O2.CO2/c1-19-7-3-8-21(15-19)16-34-13-5-9-22(17-34)33-29(36)27-20(2)32-28-26(12-6-14-35(27)28)37-18-23-24(30)10-4-11-25(23)31;2-1-3/h3-4,6-8,10-12,14-15,22H,5,9,13,16-18H2,1-2H3,(H,33,36);/t22-;/m0./s1. The molecular weight excluding hydrogens is 518 g/mol. The van der Waals surface area contributed by atoms with Crippen molar-refractivity contribution >= 4 is 17.7 Å². The lowest BCUT2D eigenvalue weighted by Gasteiger charge is -2.33. The molecule has 40 heavy (non-hydrogen) atoms. The Morgan fingerprint density at radius 1 is 1.10 bits per heavy atom. The number of aryl methyl sites for hydroxylation is 2.